The molecule has 0 radical (unpaired) electrons. The minimum atomic E-state index is -0.340. The van der Waals surface area contributed by atoms with Crippen molar-refractivity contribution in [2.45, 2.75) is 6.92 Å². The van der Waals surface area contributed by atoms with E-state index in [4.69, 9.17) is 4.74 Å². The molecule has 0 spiro atoms. The fraction of sp³-hybridized carbons (Fsp3) is 0.294. The summed E-state index contributed by atoms with van der Waals surface area (Å²) in [4.78, 5) is 34.4. The first kappa shape index (κ1) is 16.1. The summed E-state index contributed by atoms with van der Waals surface area (Å²) >= 11 is 0. The van der Waals surface area contributed by atoms with E-state index in [2.05, 4.69) is 15.3 Å². The number of nitrogens with zero attached hydrogens (tertiary/aromatic N) is 3. The van der Waals surface area contributed by atoms with Gasteiger partial charge in [0.1, 0.15) is 5.69 Å². The van der Waals surface area contributed by atoms with Crippen molar-refractivity contribution in [3.8, 4) is 0 Å². The van der Waals surface area contributed by atoms with Gasteiger partial charge in [-0.05, 0) is 25.1 Å². The number of benzene rings is 1. The van der Waals surface area contributed by atoms with Crippen molar-refractivity contribution in [1.29, 1.82) is 0 Å². The molecule has 0 bridgehead atoms. The zero-order valence-electron chi connectivity index (χ0n) is 13.4. The van der Waals surface area contributed by atoms with Gasteiger partial charge >= 0.3 is 0 Å². The summed E-state index contributed by atoms with van der Waals surface area (Å²) in [6.07, 6.45) is 1.57. The zero-order valence-corrected chi connectivity index (χ0v) is 13.4. The number of hydrogen-bond acceptors (Lipinski definition) is 6. The van der Waals surface area contributed by atoms with Crippen LogP contribution in [0, 0.1) is 0 Å². The number of nitrogens with one attached hydrogen (secondary N) is 1. The van der Waals surface area contributed by atoms with E-state index in [-0.39, 0.29) is 17.4 Å². The maximum absolute atomic E-state index is 12.4. The third kappa shape index (κ3) is 3.75. The molecule has 0 saturated carbocycles. The molecule has 7 nitrogen and oxygen atoms in total. The number of ketones is 1. The number of amides is 1. The lowest BCUT2D eigenvalue weighted by Crippen LogP contribution is -2.37. The second-order valence-corrected chi connectivity index (χ2v) is 5.43. The van der Waals surface area contributed by atoms with Crippen LogP contribution in [0.5, 0.6) is 0 Å². The van der Waals surface area contributed by atoms with Crippen LogP contribution in [0.3, 0.4) is 0 Å². The molecule has 1 N–H and O–H groups in total. The maximum atomic E-state index is 12.4. The number of hydrogen-bond donors (Lipinski definition) is 1. The summed E-state index contributed by atoms with van der Waals surface area (Å²) in [6.45, 7) is 4.13. The minimum Gasteiger partial charge on any atom is -0.378 e. The summed E-state index contributed by atoms with van der Waals surface area (Å²) in [5.41, 5.74) is 1.38. The molecule has 24 heavy (non-hydrogen) atoms. The first-order chi connectivity index (χ1) is 11.6. The van der Waals surface area contributed by atoms with Gasteiger partial charge in [-0.3, -0.25) is 9.59 Å². The molecule has 2 heterocycles. The van der Waals surface area contributed by atoms with E-state index >= 15 is 0 Å². The van der Waals surface area contributed by atoms with Crippen molar-refractivity contribution in [1.82, 2.24) is 9.97 Å². The first-order valence-electron chi connectivity index (χ1n) is 7.71. The molecule has 3 rings (SSSR count). The van der Waals surface area contributed by atoms with Gasteiger partial charge in [-0.2, -0.15) is 0 Å². The third-order valence-corrected chi connectivity index (χ3v) is 3.70. The molecular weight excluding hydrogens is 308 g/mol. The van der Waals surface area contributed by atoms with E-state index in [1.54, 1.807) is 36.5 Å². The van der Waals surface area contributed by atoms with Crippen molar-refractivity contribution in [2.24, 2.45) is 0 Å². The Balaban J connectivity index is 1.75. The smallest absolute Gasteiger partial charge is 0.274 e. The van der Waals surface area contributed by atoms with Gasteiger partial charge in [-0.25, -0.2) is 9.97 Å². The van der Waals surface area contributed by atoms with Crippen molar-refractivity contribution in [3.05, 3.63) is 47.8 Å². The van der Waals surface area contributed by atoms with Gasteiger partial charge in [0, 0.05) is 30.5 Å². The maximum Gasteiger partial charge on any atom is 0.274 e. The predicted octanol–water partition coefficient (Wildman–Crippen LogP) is 1.77. The van der Waals surface area contributed by atoms with E-state index in [0.29, 0.717) is 43.5 Å². The standard InChI is InChI=1S/C17H18N4O3/c1-12(22)13-3-2-4-14(11-13)19-16(23)15-5-6-18-17(20-15)21-7-9-24-10-8-21/h2-6,11H,7-10H2,1H3,(H,19,23). The van der Waals surface area contributed by atoms with Crippen LogP contribution in [0.1, 0.15) is 27.8 Å². The van der Waals surface area contributed by atoms with Gasteiger partial charge in [0.15, 0.2) is 5.78 Å². The van der Waals surface area contributed by atoms with Crippen LogP contribution in [-0.4, -0.2) is 48.0 Å². The lowest BCUT2D eigenvalue weighted by Gasteiger charge is -2.26. The highest BCUT2D eigenvalue weighted by molar-refractivity contribution is 6.04. The van der Waals surface area contributed by atoms with Gasteiger partial charge in [0.2, 0.25) is 5.95 Å². The van der Waals surface area contributed by atoms with E-state index in [9.17, 15) is 9.59 Å². The summed E-state index contributed by atoms with van der Waals surface area (Å²) < 4.78 is 5.30. The Hall–Kier alpha value is -2.80. The van der Waals surface area contributed by atoms with Crippen LogP contribution >= 0.6 is 0 Å². The number of Topliss-reactive ketones (excluding diaryl/α,β-unsaturated/α-hetero) is 1. The average molecular weight is 326 g/mol. The molecule has 1 amide bonds. The molecule has 1 aromatic heterocycles. The Labute approximate surface area is 139 Å². The van der Waals surface area contributed by atoms with Gasteiger partial charge < -0.3 is 15.0 Å². The number of aromatic nitrogens is 2. The summed E-state index contributed by atoms with van der Waals surface area (Å²) in [6, 6.07) is 8.37. The molecule has 1 saturated heterocycles. The summed E-state index contributed by atoms with van der Waals surface area (Å²) in [7, 11) is 0. The normalized spacial score (nSPS) is 14.3. The van der Waals surface area contributed by atoms with Gasteiger partial charge in [0.25, 0.3) is 5.91 Å². The van der Waals surface area contributed by atoms with E-state index in [1.165, 1.54) is 6.92 Å². The second-order valence-electron chi connectivity index (χ2n) is 5.43. The topological polar surface area (TPSA) is 84.4 Å². The van der Waals surface area contributed by atoms with Crippen LogP contribution in [-0.2, 0) is 4.74 Å². The Morgan fingerprint density at radius 2 is 2.00 bits per heavy atom. The molecule has 1 aliphatic heterocycles. The monoisotopic (exact) mass is 326 g/mol. The predicted molar refractivity (Wildman–Crippen MR) is 89.5 cm³/mol. The van der Waals surface area contributed by atoms with Crippen molar-refractivity contribution >= 4 is 23.3 Å². The van der Waals surface area contributed by atoms with Crippen LogP contribution in [0.25, 0.3) is 0 Å². The van der Waals surface area contributed by atoms with Crippen LogP contribution in [0.4, 0.5) is 11.6 Å². The van der Waals surface area contributed by atoms with Crippen LogP contribution in [0.15, 0.2) is 36.5 Å². The van der Waals surface area contributed by atoms with Gasteiger partial charge in [-0.1, -0.05) is 12.1 Å². The Morgan fingerprint density at radius 3 is 2.75 bits per heavy atom. The summed E-state index contributed by atoms with van der Waals surface area (Å²) in [5, 5.41) is 2.76. The highest BCUT2D eigenvalue weighted by Crippen LogP contribution is 2.14. The number of carbonyl (C=O) groups is 2. The molecule has 7 heteroatoms. The number of carbonyl (C=O) groups excluding carboxylic acids is 2. The van der Waals surface area contributed by atoms with Crippen molar-refractivity contribution in [2.75, 3.05) is 36.5 Å². The Bertz CT molecular complexity index is 757. The van der Waals surface area contributed by atoms with Crippen LogP contribution < -0.4 is 10.2 Å². The Kier molecular flexibility index (Phi) is 4.81. The fourth-order valence-corrected chi connectivity index (χ4v) is 2.40. The van der Waals surface area contributed by atoms with Gasteiger partial charge in [0.05, 0.1) is 13.2 Å². The largest absolute Gasteiger partial charge is 0.378 e. The summed E-state index contributed by atoms with van der Waals surface area (Å²) in [5.74, 6) is 0.124. The fourth-order valence-electron chi connectivity index (χ4n) is 2.40. The lowest BCUT2D eigenvalue weighted by molar-refractivity contribution is 0.100. The highest BCUT2D eigenvalue weighted by atomic mass is 16.5. The molecule has 0 atom stereocenters. The highest BCUT2D eigenvalue weighted by Gasteiger charge is 2.16. The van der Waals surface area contributed by atoms with Crippen LogP contribution in [0.2, 0.25) is 0 Å². The lowest BCUT2D eigenvalue weighted by atomic mass is 10.1. The van der Waals surface area contributed by atoms with E-state index in [0.717, 1.165) is 0 Å². The zero-order chi connectivity index (χ0) is 16.9. The van der Waals surface area contributed by atoms with E-state index in [1.807, 2.05) is 4.90 Å². The Morgan fingerprint density at radius 1 is 1.21 bits per heavy atom. The SMILES string of the molecule is CC(=O)c1cccc(NC(=O)c2ccnc(N3CCOCC3)n2)c1. The minimum absolute atomic E-state index is 0.0530. The molecule has 2 aromatic rings. The molecule has 1 aliphatic rings. The van der Waals surface area contributed by atoms with E-state index < -0.39 is 0 Å². The number of ether oxygens (including phenoxy) is 1. The quantitative estimate of drug-likeness (QED) is 0.862. The number of anilines is 2. The molecule has 1 aromatic carbocycles. The molecule has 1 fully saturated rings. The third-order valence-electron chi connectivity index (χ3n) is 3.70. The van der Waals surface area contributed by atoms with Crippen molar-refractivity contribution < 1.29 is 14.3 Å². The second kappa shape index (κ2) is 7.18. The average Bonchev–Trinajstić information content (AvgIpc) is 2.63. The van der Waals surface area contributed by atoms with Crippen molar-refractivity contribution in [3.63, 3.8) is 0 Å². The number of rotatable bonds is 4. The first-order valence-corrected chi connectivity index (χ1v) is 7.71. The molecule has 124 valence electrons. The number of morpholine rings is 1. The van der Waals surface area contributed by atoms with Gasteiger partial charge in [-0.15, -0.1) is 0 Å². The molecule has 0 unspecified atom stereocenters. The molecular formula is C17H18N4O3. The molecule has 0 aliphatic carbocycles.